The summed E-state index contributed by atoms with van der Waals surface area (Å²) in [7, 11) is -1.59. The summed E-state index contributed by atoms with van der Waals surface area (Å²) in [5.74, 6) is 0.116. The Kier molecular flexibility index (Phi) is 26.0. The molecule has 10 heteroatoms. The van der Waals surface area contributed by atoms with E-state index in [0.29, 0.717) is 30.5 Å². The number of likely N-dealkylation sites (N-methyl/N-ethyl adjacent to an activating group) is 1. The van der Waals surface area contributed by atoms with Crippen molar-refractivity contribution in [3.63, 3.8) is 0 Å². The molecule has 2 unspecified atom stereocenters. The Hall–Kier alpha value is -1.04. The molecule has 1 amide bonds. The highest BCUT2D eigenvalue weighted by molar-refractivity contribution is 7.80. The van der Waals surface area contributed by atoms with Crippen LogP contribution in [-0.4, -0.2) is 86.6 Å². The summed E-state index contributed by atoms with van der Waals surface area (Å²) < 4.78 is 31.6. The molecule has 0 aromatic carbocycles. The number of amides is 1. The zero-order valence-electron chi connectivity index (χ0n) is 24.0. The third-order valence-corrected chi connectivity index (χ3v) is 6.60. The van der Waals surface area contributed by atoms with Crippen molar-refractivity contribution in [2.75, 3.05) is 46.9 Å². The molecule has 0 radical (unpaired) electrons. The molecule has 3 N–H and O–H groups in total. The number of aliphatic hydroxyl groups is 2. The summed E-state index contributed by atoms with van der Waals surface area (Å²) in [5, 5.41) is 21.9. The quantitative estimate of drug-likeness (QED) is 0.0572. The van der Waals surface area contributed by atoms with Crippen LogP contribution >= 0.6 is 0 Å². The van der Waals surface area contributed by atoms with Gasteiger partial charge in [-0.25, -0.2) is 8.42 Å². The third-order valence-electron chi connectivity index (χ3n) is 6.19. The van der Waals surface area contributed by atoms with Gasteiger partial charge < -0.3 is 24.6 Å². The Morgan fingerprint density at radius 3 is 1.92 bits per heavy atom. The van der Waals surface area contributed by atoms with Gasteiger partial charge in [0, 0.05) is 6.42 Å². The van der Waals surface area contributed by atoms with Crippen LogP contribution in [0, 0.1) is 0 Å². The predicted molar refractivity (Wildman–Crippen MR) is 149 cm³/mol. The van der Waals surface area contributed by atoms with E-state index in [1.54, 1.807) is 6.92 Å². The molecule has 0 aromatic heterocycles. The monoisotopic (exact) mass is 552 g/mol. The van der Waals surface area contributed by atoms with Crippen LogP contribution in [0.25, 0.3) is 0 Å². The number of carbonyl (C=O) groups is 1. The summed E-state index contributed by atoms with van der Waals surface area (Å²) in [5.41, 5.74) is 0. The Morgan fingerprint density at radius 2 is 1.46 bits per heavy atom. The molecule has 222 valence electrons. The highest BCUT2D eigenvalue weighted by atomic mass is 32.3. The SMILES string of the molecule is CCCCCCCC/C=C\CCCCCCCC(=O)NCC[N+](C)(CCO)CC(C)O.COS(=O)(=O)[O-]. The number of hydrogen-bond acceptors (Lipinski definition) is 7. The minimum Gasteiger partial charge on any atom is -0.726 e. The molecule has 0 aliphatic heterocycles. The maximum atomic E-state index is 12.0. The summed E-state index contributed by atoms with van der Waals surface area (Å²) in [6, 6.07) is 0. The van der Waals surface area contributed by atoms with Crippen LogP contribution < -0.4 is 5.32 Å². The smallest absolute Gasteiger partial charge is 0.220 e. The van der Waals surface area contributed by atoms with Crippen LogP contribution in [0.4, 0.5) is 0 Å². The lowest BCUT2D eigenvalue weighted by Crippen LogP contribution is -2.53. The summed E-state index contributed by atoms with van der Waals surface area (Å²) >= 11 is 0. The van der Waals surface area contributed by atoms with Crippen molar-refractivity contribution in [1.82, 2.24) is 5.32 Å². The van der Waals surface area contributed by atoms with Gasteiger partial charge in [0.25, 0.3) is 0 Å². The van der Waals surface area contributed by atoms with E-state index in [0.717, 1.165) is 26.5 Å². The van der Waals surface area contributed by atoms with Crippen molar-refractivity contribution in [1.29, 1.82) is 0 Å². The molecule has 0 aromatic rings. The largest absolute Gasteiger partial charge is 0.726 e. The van der Waals surface area contributed by atoms with Gasteiger partial charge in [-0.15, -0.1) is 0 Å². The second-order valence-electron chi connectivity index (χ2n) is 10.1. The van der Waals surface area contributed by atoms with Gasteiger partial charge in [-0.3, -0.25) is 8.98 Å². The van der Waals surface area contributed by atoms with Gasteiger partial charge in [0.05, 0.1) is 33.9 Å². The Morgan fingerprint density at radius 1 is 0.973 bits per heavy atom. The first-order valence-corrected chi connectivity index (χ1v) is 15.4. The normalized spacial score (nSPS) is 14.1. The number of aliphatic hydroxyl groups excluding tert-OH is 2. The number of quaternary nitrogens is 1. The van der Waals surface area contributed by atoms with Crippen LogP contribution in [0.1, 0.15) is 104 Å². The molecule has 0 heterocycles. The van der Waals surface area contributed by atoms with Crippen molar-refractivity contribution in [2.45, 2.75) is 110 Å². The molecule has 0 aliphatic rings. The van der Waals surface area contributed by atoms with Gasteiger partial charge in [-0.2, -0.15) is 0 Å². The molecular weight excluding hydrogens is 496 g/mol. The van der Waals surface area contributed by atoms with Gasteiger partial charge in [0.1, 0.15) is 19.2 Å². The van der Waals surface area contributed by atoms with E-state index in [-0.39, 0.29) is 12.5 Å². The topological polar surface area (TPSA) is 136 Å². The van der Waals surface area contributed by atoms with E-state index in [9.17, 15) is 28.0 Å². The number of nitrogens with one attached hydrogen (secondary N) is 1. The van der Waals surface area contributed by atoms with Crippen LogP contribution in [0.15, 0.2) is 12.2 Å². The third kappa shape index (κ3) is 31.1. The van der Waals surface area contributed by atoms with E-state index in [1.165, 1.54) is 70.6 Å². The second kappa shape index (κ2) is 25.2. The molecule has 2 atom stereocenters. The standard InChI is InChI=1S/C26H52N2O3.CH4O4S/c1-4-5-6-7-8-9-10-11-12-13-14-15-16-17-18-19-26(31)27-20-21-28(3,22-23-29)24-25(2)30;1-5-6(2,3)4/h11-12,25,29-30H,4-10,13-24H2,1-3H3;1H3,(H,2,3,4)/b12-11-;. The van der Waals surface area contributed by atoms with Crippen molar-refractivity contribution in [3.8, 4) is 0 Å². The predicted octanol–water partition coefficient (Wildman–Crippen LogP) is 4.05. The first kappa shape index (κ1) is 38.1. The maximum absolute atomic E-state index is 12.0. The minimum atomic E-state index is -4.41. The lowest BCUT2D eigenvalue weighted by molar-refractivity contribution is -0.911. The zero-order valence-corrected chi connectivity index (χ0v) is 24.8. The Labute approximate surface area is 227 Å². The zero-order chi connectivity index (χ0) is 28.4. The maximum Gasteiger partial charge on any atom is 0.220 e. The average Bonchev–Trinajstić information content (AvgIpc) is 2.81. The van der Waals surface area contributed by atoms with Crippen LogP contribution in [0.3, 0.4) is 0 Å². The van der Waals surface area contributed by atoms with Gasteiger partial charge in [-0.05, 0) is 39.0 Å². The van der Waals surface area contributed by atoms with E-state index in [1.807, 2.05) is 7.05 Å². The van der Waals surface area contributed by atoms with Crippen molar-refractivity contribution in [3.05, 3.63) is 12.2 Å². The van der Waals surface area contributed by atoms with Crippen molar-refractivity contribution < 1.29 is 36.6 Å². The van der Waals surface area contributed by atoms with E-state index >= 15 is 0 Å². The highest BCUT2D eigenvalue weighted by Crippen LogP contribution is 2.10. The van der Waals surface area contributed by atoms with Gasteiger partial charge in [-0.1, -0.05) is 70.4 Å². The van der Waals surface area contributed by atoms with E-state index in [2.05, 4.69) is 28.6 Å². The van der Waals surface area contributed by atoms with Crippen LogP contribution in [0.2, 0.25) is 0 Å². The number of rotatable bonds is 23. The number of carbonyl (C=O) groups excluding carboxylic acids is 1. The molecule has 0 fully saturated rings. The van der Waals surface area contributed by atoms with Crippen molar-refractivity contribution in [2.24, 2.45) is 0 Å². The lowest BCUT2D eigenvalue weighted by Gasteiger charge is -2.35. The molecule has 0 spiro atoms. The van der Waals surface area contributed by atoms with E-state index < -0.39 is 16.5 Å². The molecule has 9 nitrogen and oxygen atoms in total. The van der Waals surface area contributed by atoms with Gasteiger partial charge in [0.15, 0.2) is 0 Å². The Bertz CT molecular complexity index is 657. The first-order chi connectivity index (χ1) is 17.5. The second-order valence-corrected chi connectivity index (χ2v) is 11.2. The fraction of sp³-hybridized carbons (Fsp3) is 0.889. The number of hydrogen-bond donors (Lipinski definition) is 3. The molecule has 0 aliphatic carbocycles. The summed E-state index contributed by atoms with van der Waals surface area (Å²) in [6.07, 6.45) is 21.3. The van der Waals surface area contributed by atoms with Crippen LogP contribution in [-0.2, 0) is 19.4 Å². The Balaban J connectivity index is 0. The summed E-state index contributed by atoms with van der Waals surface area (Å²) in [6.45, 7) is 6.61. The molecule has 0 saturated carbocycles. The summed E-state index contributed by atoms with van der Waals surface area (Å²) in [4.78, 5) is 12.0. The van der Waals surface area contributed by atoms with E-state index in [4.69, 9.17) is 0 Å². The molecule has 0 bridgehead atoms. The minimum absolute atomic E-state index is 0.0894. The molecule has 0 saturated heterocycles. The average molecular weight is 553 g/mol. The molecule has 0 rings (SSSR count). The molecular formula is C27H56N2O7S. The van der Waals surface area contributed by atoms with Crippen molar-refractivity contribution >= 4 is 16.3 Å². The molecule has 37 heavy (non-hydrogen) atoms. The highest BCUT2D eigenvalue weighted by Gasteiger charge is 2.23. The number of unbranched alkanes of at least 4 members (excludes halogenated alkanes) is 11. The number of nitrogens with zero attached hydrogens (tertiary/aromatic N) is 1. The fourth-order valence-electron chi connectivity index (χ4n) is 4.08. The fourth-order valence-corrected chi connectivity index (χ4v) is 4.08. The lowest BCUT2D eigenvalue weighted by atomic mass is 10.1. The van der Waals surface area contributed by atoms with Crippen LogP contribution in [0.5, 0.6) is 0 Å². The number of allylic oxidation sites excluding steroid dienone is 2. The van der Waals surface area contributed by atoms with Gasteiger partial charge in [0.2, 0.25) is 16.3 Å². The van der Waals surface area contributed by atoms with Gasteiger partial charge >= 0.3 is 0 Å². The first-order valence-electron chi connectivity index (χ1n) is 14.0.